The van der Waals surface area contributed by atoms with Crippen LogP contribution < -0.4 is 11.2 Å². The summed E-state index contributed by atoms with van der Waals surface area (Å²) >= 11 is 12.3. The zero-order valence-electron chi connectivity index (χ0n) is 14.2. The van der Waals surface area contributed by atoms with Gasteiger partial charge in [0.1, 0.15) is 5.72 Å². The van der Waals surface area contributed by atoms with E-state index in [1.165, 1.54) is 16.2 Å². The Kier molecular flexibility index (Phi) is 4.10. The maximum Gasteiger partial charge on any atom is 0.330 e. The molecule has 0 atom stereocenters. The first-order chi connectivity index (χ1) is 11.5. The predicted octanol–water partition coefficient (Wildman–Crippen LogP) is 2.70. The van der Waals surface area contributed by atoms with Crippen molar-refractivity contribution in [3.63, 3.8) is 0 Å². The largest absolute Gasteiger partial charge is 0.371 e. The maximum atomic E-state index is 12.8. The lowest BCUT2D eigenvalue weighted by Crippen LogP contribution is -2.36. The summed E-state index contributed by atoms with van der Waals surface area (Å²) in [5, 5.41) is 11.7. The smallest absolute Gasteiger partial charge is 0.330 e. The molecule has 0 saturated heterocycles. The van der Waals surface area contributed by atoms with E-state index in [9.17, 15) is 14.7 Å². The van der Waals surface area contributed by atoms with E-state index in [1.807, 2.05) is 0 Å². The van der Waals surface area contributed by atoms with Gasteiger partial charge in [-0.15, -0.1) is 0 Å². The van der Waals surface area contributed by atoms with Gasteiger partial charge >= 0.3 is 5.69 Å². The molecule has 0 amide bonds. The number of aliphatic hydroxyl groups is 1. The molecule has 0 unspecified atom stereocenters. The van der Waals surface area contributed by atoms with Gasteiger partial charge in [0.2, 0.25) is 0 Å². The fourth-order valence-corrected chi connectivity index (χ4v) is 3.42. The topological polar surface area (TPSA) is 69.2 Å². The molecular formula is C17H17Cl2N3O3. The fraction of sp³-hybridized carbons (Fsp3) is 0.294. The second-order valence-corrected chi connectivity index (χ2v) is 7.28. The van der Waals surface area contributed by atoms with Crippen molar-refractivity contribution in [2.75, 3.05) is 0 Å². The van der Waals surface area contributed by atoms with Crippen molar-refractivity contribution < 1.29 is 5.11 Å². The average Bonchev–Trinajstić information content (AvgIpc) is 2.91. The van der Waals surface area contributed by atoms with E-state index in [-0.39, 0.29) is 0 Å². The summed E-state index contributed by atoms with van der Waals surface area (Å²) in [5.41, 5.74) is -0.838. The number of halogens is 2. The number of aryl methyl sites for hydroxylation is 1. The summed E-state index contributed by atoms with van der Waals surface area (Å²) < 4.78 is 3.93. The highest BCUT2D eigenvalue weighted by Gasteiger charge is 2.27. The van der Waals surface area contributed by atoms with Gasteiger partial charge in [-0.2, -0.15) is 0 Å². The van der Waals surface area contributed by atoms with Crippen LogP contribution in [0.3, 0.4) is 0 Å². The van der Waals surface area contributed by atoms with Crippen LogP contribution in [0.4, 0.5) is 0 Å². The van der Waals surface area contributed by atoms with Crippen molar-refractivity contribution in [2.24, 2.45) is 14.1 Å². The highest BCUT2D eigenvalue weighted by Crippen LogP contribution is 2.37. The molecule has 0 aliphatic rings. The molecule has 3 rings (SSSR count). The lowest BCUT2D eigenvalue weighted by atomic mass is 10.1. The van der Waals surface area contributed by atoms with Crippen LogP contribution in [0.5, 0.6) is 0 Å². The Hall–Kier alpha value is -2.02. The minimum absolute atomic E-state index is 0.302. The van der Waals surface area contributed by atoms with Crippen LogP contribution in [0.1, 0.15) is 13.8 Å². The molecule has 2 aromatic heterocycles. The van der Waals surface area contributed by atoms with E-state index in [2.05, 4.69) is 0 Å². The first-order valence-corrected chi connectivity index (χ1v) is 8.29. The summed E-state index contributed by atoms with van der Waals surface area (Å²) in [7, 11) is 2.99. The third-order valence-electron chi connectivity index (χ3n) is 4.21. The van der Waals surface area contributed by atoms with Crippen molar-refractivity contribution in [1.29, 1.82) is 0 Å². The molecule has 0 saturated carbocycles. The Balaban J connectivity index is 2.61. The van der Waals surface area contributed by atoms with E-state index in [0.717, 1.165) is 4.57 Å². The van der Waals surface area contributed by atoms with E-state index < -0.39 is 17.0 Å². The first kappa shape index (κ1) is 17.8. The van der Waals surface area contributed by atoms with Crippen molar-refractivity contribution >= 4 is 34.1 Å². The lowest BCUT2D eigenvalue weighted by molar-refractivity contribution is 0.00398. The summed E-state index contributed by atoms with van der Waals surface area (Å²) in [6.45, 7) is 3.17. The van der Waals surface area contributed by atoms with Crippen LogP contribution in [0.2, 0.25) is 10.0 Å². The van der Waals surface area contributed by atoms with E-state index in [4.69, 9.17) is 23.2 Å². The molecule has 132 valence electrons. The molecule has 1 aromatic carbocycles. The van der Waals surface area contributed by atoms with Crippen LogP contribution in [0, 0.1) is 0 Å². The first-order valence-electron chi connectivity index (χ1n) is 7.53. The Labute approximate surface area is 153 Å². The summed E-state index contributed by atoms with van der Waals surface area (Å²) in [4.78, 5) is 25.0. The van der Waals surface area contributed by atoms with Crippen LogP contribution in [0.15, 0.2) is 34.0 Å². The third kappa shape index (κ3) is 2.70. The van der Waals surface area contributed by atoms with Crippen molar-refractivity contribution in [3.8, 4) is 11.3 Å². The molecule has 2 heterocycles. The highest BCUT2D eigenvalue weighted by molar-refractivity contribution is 6.36. The fourth-order valence-electron chi connectivity index (χ4n) is 2.92. The maximum absolute atomic E-state index is 12.8. The Morgan fingerprint density at radius 2 is 1.72 bits per heavy atom. The number of rotatable bonds is 2. The summed E-state index contributed by atoms with van der Waals surface area (Å²) in [6.07, 6.45) is 1.58. The number of hydrogen-bond acceptors (Lipinski definition) is 3. The highest BCUT2D eigenvalue weighted by atomic mass is 35.5. The normalized spacial score (nSPS) is 12.1. The summed E-state index contributed by atoms with van der Waals surface area (Å²) in [6, 6.07) is 4.91. The molecule has 0 radical (unpaired) electrons. The predicted molar refractivity (Wildman–Crippen MR) is 99.4 cm³/mol. The molecule has 0 aliphatic carbocycles. The molecule has 0 fully saturated rings. The minimum atomic E-state index is -1.32. The van der Waals surface area contributed by atoms with Gasteiger partial charge in [-0.3, -0.25) is 13.9 Å². The molecule has 3 aromatic rings. The van der Waals surface area contributed by atoms with Gasteiger partial charge in [-0.25, -0.2) is 4.79 Å². The van der Waals surface area contributed by atoms with Gasteiger partial charge in [0.05, 0.1) is 21.6 Å². The van der Waals surface area contributed by atoms with Gasteiger partial charge in [0.15, 0.2) is 0 Å². The quantitative estimate of drug-likeness (QED) is 0.741. The van der Waals surface area contributed by atoms with E-state index >= 15 is 0 Å². The van der Waals surface area contributed by atoms with Crippen molar-refractivity contribution in [1.82, 2.24) is 13.7 Å². The van der Waals surface area contributed by atoms with Gasteiger partial charge in [-0.1, -0.05) is 23.2 Å². The van der Waals surface area contributed by atoms with Gasteiger partial charge < -0.3 is 9.67 Å². The molecule has 8 heteroatoms. The van der Waals surface area contributed by atoms with Crippen LogP contribution in [-0.2, 0) is 19.8 Å². The Morgan fingerprint density at radius 1 is 1.08 bits per heavy atom. The average molecular weight is 382 g/mol. The number of hydrogen-bond donors (Lipinski definition) is 1. The summed E-state index contributed by atoms with van der Waals surface area (Å²) in [5.74, 6) is 0. The SMILES string of the molecule is Cn1c(=O)c2c(-c3ccc(Cl)cc3Cl)n(C(C)(C)O)cc2n(C)c1=O. The van der Waals surface area contributed by atoms with Crippen LogP contribution in [-0.4, -0.2) is 18.8 Å². The zero-order chi connectivity index (χ0) is 18.7. The Bertz CT molecular complexity index is 1120. The monoisotopic (exact) mass is 381 g/mol. The molecule has 1 N–H and O–H groups in total. The number of fused-ring (bicyclic) bond motifs is 1. The molecule has 0 bridgehead atoms. The van der Waals surface area contributed by atoms with Crippen LogP contribution >= 0.6 is 23.2 Å². The minimum Gasteiger partial charge on any atom is -0.371 e. The number of aromatic nitrogens is 3. The number of benzene rings is 1. The third-order valence-corrected chi connectivity index (χ3v) is 4.76. The van der Waals surface area contributed by atoms with Crippen LogP contribution in [0.25, 0.3) is 22.2 Å². The second-order valence-electron chi connectivity index (χ2n) is 6.43. The van der Waals surface area contributed by atoms with E-state index in [1.54, 1.807) is 45.3 Å². The number of nitrogens with zero attached hydrogens (tertiary/aromatic N) is 3. The molecular weight excluding hydrogens is 365 g/mol. The Morgan fingerprint density at radius 3 is 2.28 bits per heavy atom. The zero-order valence-corrected chi connectivity index (χ0v) is 15.7. The molecule has 0 spiro atoms. The second kappa shape index (κ2) is 5.76. The molecule has 25 heavy (non-hydrogen) atoms. The lowest BCUT2D eigenvalue weighted by Gasteiger charge is -2.23. The molecule has 0 aliphatic heterocycles. The van der Waals surface area contributed by atoms with Gasteiger partial charge in [0.25, 0.3) is 5.56 Å². The van der Waals surface area contributed by atoms with Crippen molar-refractivity contribution in [3.05, 3.63) is 55.3 Å². The van der Waals surface area contributed by atoms with E-state index in [0.29, 0.717) is 32.2 Å². The van der Waals surface area contributed by atoms with Gasteiger partial charge in [0, 0.05) is 30.9 Å². The standard InChI is InChI=1S/C17H17Cl2N3O3/c1-17(2,25)22-8-12-13(15(23)21(4)16(24)20(12)3)14(22)10-6-5-9(18)7-11(10)19/h5-8,25H,1-4H3. The van der Waals surface area contributed by atoms with Crippen molar-refractivity contribution in [2.45, 2.75) is 19.6 Å². The molecule has 6 nitrogen and oxygen atoms in total. The van der Waals surface area contributed by atoms with Gasteiger partial charge in [-0.05, 0) is 32.0 Å².